The number of hydrogen-bond acceptors (Lipinski definition) is 3. The molecule has 1 aromatic rings. The maximum absolute atomic E-state index is 12.1. The van der Waals surface area contributed by atoms with E-state index < -0.39 is 0 Å². The lowest BCUT2D eigenvalue weighted by atomic mass is 9.98. The van der Waals surface area contributed by atoms with E-state index in [1.807, 2.05) is 24.0 Å². The van der Waals surface area contributed by atoms with Crippen LogP contribution < -0.4 is 10.5 Å². The van der Waals surface area contributed by atoms with Gasteiger partial charge in [-0.15, -0.1) is 0 Å². The van der Waals surface area contributed by atoms with Crippen LogP contribution in [0.2, 0.25) is 0 Å². The lowest BCUT2D eigenvalue weighted by Crippen LogP contribution is -2.39. The number of nitrogens with zero attached hydrogens (tertiary/aromatic N) is 1. The minimum atomic E-state index is 0.138. The summed E-state index contributed by atoms with van der Waals surface area (Å²) in [5, 5.41) is 0. The third-order valence-electron chi connectivity index (χ3n) is 3.47. The molecule has 1 aliphatic heterocycles. The van der Waals surface area contributed by atoms with E-state index in [2.05, 4.69) is 0 Å². The summed E-state index contributed by atoms with van der Waals surface area (Å²) in [6.07, 6.45) is 2.07. The Balaban J connectivity index is 2.15. The van der Waals surface area contributed by atoms with Gasteiger partial charge in [-0.05, 0) is 18.9 Å². The van der Waals surface area contributed by atoms with Crippen LogP contribution in [0.5, 0.6) is 5.75 Å². The molecule has 1 heterocycles. The van der Waals surface area contributed by atoms with E-state index in [1.165, 1.54) is 0 Å². The Morgan fingerprint density at radius 2 is 2.28 bits per heavy atom. The molecule has 2 rings (SSSR count). The van der Waals surface area contributed by atoms with E-state index in [9.17, 15) is 4.79 Å². The summed E-state index contributed by atoms with van der Waals surface area (Å²) in [7, 11) is 1.62. The number of nitrogens with two attached hydrogens (primary N) is 1. The van der Waals surface area contributed by atoms with Crippen LogP contribution in [0.25, 0.3) is 0 Å². The summed E-state index contributed by atoms with van der Waals surface area (Å²) in [6.45, 7) is 3.43. The molecule has 18 heavy (non-hydrogen) atoms. The zero-order chi connectivity index (χ0) is 13.1. The predicted octanol–water partition coefficient (Wildman–Crippen LogP) is 2.04. The molecule has 0 aliphatic carbocycles. The van der Waals surface area contributed by atoms with Crippen LogP contribution >= 0.6 is 0 Å². The maximum atomic E-state index is 12.1. The van der Waals surface area contributed by atoms with Gasteiger partial charge in [0.15, 0.2) is 0 Å². The van der Waals surface area contributed by atoms with E-state index in [4.69, 9.17) is 10.5 Å². The molecule has 0 spiro atoms. The first-order valence-electron chi connectivity index (χ1n) is 6.33. The smallest absolute Gasteiger partial charge is 0.225 e. The van der Waals surface area contributed by atoms with Crippen LogP contribution in [0, 0.1) is 5.92 Å². The predicted molar refractivity (Wildman–Crippen MR) is 71.2 cm³/mol. The van der Waals surface area contributed by atoms with Gasteiger partial charge in [0.25, 0.3) is 0 Å². The van der Waals surface area contributed by atoms with E-state index in [0.717, 1.165) is 30.7 Å². The van der Waals surface area contributed by atoms with Crippen molar-refractivity contribution >= 4 is 11.6 Å². The first-order chi connectivity index (χ1) is 8.61. The Morgan fingerprint density at radius 1 is 1.50 bits per heavy atom. The summed E-state index contributed by atoms with van der Waals surface area (Å²) >= 11 is 0. The topological polar surface area (TPSA) is 55.6 Å². The second-order valence-corrected chi connectivity index (χ2v) is 4.87. The highest BCUT2D eigenvalue weighted by atomic mass is 16.5. The largest absolute Gasteiger partial charge is 0.496 e. The van der Waals surface area contributed by atoms with Gasteiger partial charge in [0, 0.05) is 36.3 Å². The molecule has 1 aliphatic rings. The number of amides is 1. The fourth-order valence-electron chi connectivity index (χ4n) is 2.39. The minimum absolute atomic E-state index is 0.138. The quantitative estimate of drug-likeness (QED) is 0.833. The van der Waals surface area contributed by atoms with Crippen molar-refractivity contribution in [3.63, 3.8) is 0 Å². The molecule has 1 unspecified atom stereocenters. The monoisotopic (exact) mass is 248 g/mol. The number of carbonyl (C=O) groups excluding carboxylic acids is 1. The number of carbonyl (C=O) groups is 1. The van der Waals surface area contributed by atoms with Gasteiger partial charge in [0.2, 0.25) is 5.91 Å². The Morgan fingerprint density at radius 3 is 3.00 bits per heavy atom. The van der Waals surface area contributed by atoms with E-state index in [1.54, 1.807) is 13.2 Å². The number of hydrogen-bond donors (Lipinski definition) is 1. The molecule has 2 N–H and O–H groups in total. The van der Waals surface area contributed by atoms with Crippen molar-refractivity contribution in [1.82, 2.24) is 4.90 Å². The molecule has 0 aromatic heterocycles. The standard InChI is InChI=1S/C14H20N2O2/c1-10-4-3-7-16(14(10)17)9-11-5-6-12(15)8-13(11)18-2/h5-6,8,10H,3-4,7,9,15H2,1-2H3. The molecule has 4 heteroatoms. The van der Waals surface area contributed by atoms with Gasteiger partial charge >= 0.3 is 0 Å². The van der Waals surface area contributed by atoms with Crippen molar-refractivity contribution in [1.29, 1.82) is 0 Å². The van der Waals surface area contributed by atoms with Crippen molar-refractivity contribution in [2.75, 3.05) is 19.4 Å². The third-order valence-corrected chi connectivity index (χ3v) is 3.47. The molecule has 98 valence electrons. The third kappa shape index (κ3) is 2.58. The SMILES string of the molecule is COc1cc(N)ccc1CN1CCCC(C)C1=O. The molecule has 1 saturated heterocycles. The number of nitrogen functional groups attached to an aromatic ring is 1. The summed E-state index contributed by atoms with van der Waals surface area (Å²) in [5.41, 5.74) is 7.41. The molecule has 1 aromatic carbocycles. The molecule has 0 saturated carbocycles. The number of methoxy groups -OCH3 is 1. The second-order valence-electron chi connectivity index (χ2n) is 4.87. The first kappa shape index (κ1) is 12.7. The fraction of sp³-hybridized carbons (Fsp3) is 0.500. The average Bonchev–Trinajstić information content (AvgIpc) is 2.37. The van der Waals surface area contributed by atoms with Crippen LogP contribution in [0.15, 0.2) is 18.2 Å². The van der Waals surface area contributed by atoms with Crippen LogP contribution in [-0.2, 0) is 11.3 Å². The molecule has 1 fully saturated rings. The molecule has 1 amide bonds. The Labute approximate surface area is 108 Å². The lowest BCUT2D eigenvalue weighted by Gasteiger charge is -2.31. The summed E-state index contributed by atoms with van der Waals surface area (Å²) in [5.74, 6) is 1.12. The van der Waals surface area contributed by atoms with Crippen molar-refractivity contribution in [3.8, 4) is 5.75 Å². The molecule has 4 nitrogen and oxygen atoms in total. The Kier molecular flexibility index (Phi) is 3.75. The van der Waals surface area contributed by atoms with Gasteiger partial charge in [-0.2, -0.15) is 0 Å². The van der Waals surface area contributed by atoms with Crippen LogP contribution in [0.4, 0.5) is 5.69 Å². The minimum Gasteiger partial charge on any atom is -0.496 e. The average molecular weight is 248 g/mol. The summed E-state index contributed by atoms with van der Waals surface area (Å²) in [4.78, 5) is 14.0. The maximum Gasteiger partial charge on any atom is 0.225 e. The van der Waals surface area contributed by atoms with Crippen LogP contribution in [0.1, 0.15) is 25.3 Å². The van der Waals surface area contributed by atoms with Crippen molar-refractivity contribution in [2.24, 2.45) is 5.92 Å². The molecular formula is C14H20N2O2. The zero-order valence-electron chi connectivity index (χ0n) is 11.0. The molecule has 1 atom stereocenters. The van der Waals surface area contributed by atoms with Crippen LogP contribution in [-0.4, -0.2) is 24.5 Å². The number of anilines is 1. The molecular weight excluding hydrogens is 228 g/mol. The number of likely N-dealkylation sites (tertiary alicyclic amines) is 1. The van der Waals surface area contributed by atoms with Crippen LogP contribution in [0.3, 0.4) is 0 Å². The highest BCUT2D eigenvalue weighted by Crippen LogP contribution is 2.25. The lowest BCUT2D eigenvalue weighted by molar-refractivity contribution is -0.138. The number of piperidine rings is 1. The van der Waals surface area contributed by atoms with Crippen molar-refractivity contribution in [2.45, 2.75) is 26.3 Å². The van der Waals surface area contributed by atoms with Crippen molar-refractivity contribution in [3.05, 3.63) is 23.8 Å². The van der Waals surface area contributed by atoms with Crippen molar-refractivity contribution < 1.29 is 9.53 Å². The Bertz CT molecular complexity index is 445. The van der Waals surface area contributed by atoms with Gasteiger partial charge in [0.1, 0.15) is 5.75 Å². The molecule has 0 radical (unpaired) electrons. The van der Waals surface area contributed by atoms with Gasteiger partial charge in [-0.3, -0.25) is 4.79 Å². The summed E-state index contributed by atoms with van der Waals surface area (Å²) < 4.78 is 5.31. The highest BCUT2D eigenvalue weighted by molar-refractivity contribution is 5.79. The zero-order valence-corrected chi connectivity index (χ0v) is 11.0. The van der Waals surface area contributed by atoms with Gasteiger partial charge in [-0.1, -0.05) is 13.0 Å². The number of ether oxygens (including phenoxy) is 1. The van der Waals surface area contributed by atoms with E-state index in [-0.39, 0.29) is 11.8 Å². The van der Waals surface area contributed by atoms with Gasteiger partial charge in [0.05, 0.1) is 7.11 Å². The first-order valence-corrected chi connectivity index (χ1v) is 6.33. The fourth-order valence-corrected chi connectivity index (χ4v) is 2.39. The highest BCUT2D eigenvalue weighted by Gasteiger charge is 2.25. The number of benzene rings is 1. The van der Waals surface area contributed by atoms with E-state index >= 15 is 0 Å². The number of rotatable bonds is 3. The second kappa shape index (κ2) is 5.29. The summed E-state index contributed by atoms with van der Waals surface area (Å²) in [6, 6.07) is 5.57. The van der Waals surface area contributed by atoms with Gasteiger partial charge < -0.3 is 15.4 Å². The van der Waals surface area contributed by atoms with Gasteiger partial charge in [-0.25, -0.2) is 0 Å². The molecule has 0 bridgehead atoms. The normalized spacial score (nSPS) is 20.0. The Hall–Kier alpha value is -1.71. The van der Waals surface area contributed by atoms with E-state index in [0.29, 0.717) is 12.2 Å².